The summed E-state index contributed by atoms with van der Waals surface area (Å²) in [7, 11) is 0.959. The van der Waals surface area contributed by atoms with E-state index in [0.717, 1.165) is 12.8 Å². The standard InChI is InChI=1S/C13H23N2O3S3/c1-4-11(7-15(3)9-16)6-14-13(18)10(2)5-12(17)8-21(19)20/h9-11H,4-8H2,1-3H3,(H,14,18)/q-1. The number of Topliss-reactive ketones (excluding diaryl/α,β-unsaturated/α-hetero) is 1. The maximum absolute atomic E-state index is 11.9. The smallest absolute Gasteiger partial charge is 0.223 e. The quantitative estimate of drug-likeness (QED) is 0.430. The highest BCUT2D eigenvalue weighted by atomic mass is 33.1. The van der Waals surface area contributed by atoms with Gasteiger partial charge in [0.05, 0.1) is 0 Å². The number of hydrogen-bond donors (Lipinski definition) is 1. The molecule has 2 unspecified atom stereocenters. The number of amides is 2. The largest absolute Gasteiger partial charge is 0.356 e. The van der Waals surface area contributed by atoms with Crippen molar-refractivity contribution in [3.8, 4) is 0 Å². The van der Waals surface area contributed by atoms with Crippen LogP contribution in [0.3, 0.4) is 0 Å². The predicted octanol–water partition coefficient (Wildman–Crippen LogP) is 0.354. The molecule has 2 atom stereocenters. The van der Waals surface area contributed by atoms with Gasteiger partial charge in [0, 0.05) is 32.5 Å². The number of carbonyl (C=O) groups is 3. The maximum atomic E-state index is 11.9. The molecule has 0 spiro atoms. The summed E-state index contributed by atoms with van der Waals surface area (Å²) in [4.78, 5) is 35.7. The average molecular weight is 352 g/mol. The summed E-state index contributed by atoms with van der Waals surface area (Å²) in [5, 5.41) is 2.84. The summed E-state index contributed by atoms with van der Waals surface area (Å²) < 4.78 is 0. The fourth-order valence-electron chi connectivity index (χ4n) is 1.83. The van der Waals surface area contributed by atoms with Crippen molar-refractivity contribution in [3.63, 3.8) is 0 Å². The van der Waals surface area contributed by atoms with Crippen LogP contribution in [0.15, 0.2) is 0 Å². The van der Waals surface area contributed by atoms with Crippen LogP contribution in [0.25, 0.3) is 0 Å². The minimum atomic E-state index is -0.749. The van der Waals surface area contributed by atoms with Gasteiger partial charge >= 0.3 is 0 Å². The lowest BCUT2D eigenvalue weighted by molar-refractivity contribution is -0.128. The number of ketones is 1. The molecular weight excluding hydrogens is 328 g/mol. The summed E-state index contributed by atoms with van der Waals surface area (Å²) in [6.45, 7) is 4.83. The first-order valence-corrected chi connectivity index (χ1v) is 10.0. The Morgan fingerprint density at radius 3 is 2.48 bits per heavy atom. The van der Waals surface area contributed by atoms with Crippen molar-refractivity contribution in [2.24, 2.45) is 11.8 Å². The molecule has 8 heteroatoms. The molecule has 0 aliphatic rings. The highest BCUT2D eigenvalue weighted by Gasteiger charge is 2.17. The monoisotopic (exact) mass is 351 g/mol. The Hall–Kier alpha value is -0.600. The van der Waals surface area contributed by atoms with Gasteiger partial charge in [0.15, 0.2) is 0 Å². The van der Waals surface area contributed by atoms with Crippen molar-refractivity contribution < 1.29 is 14.4 Å². The lowest BCUT2D eigenvalue weighted by Crippen LogP contribution is -2.37. The second-order valence-corrected chi connectivity index (χ2v) is 9.10. The molecule has 0 fully saturated rings. The molecule has 0 aromatic heterocycles. The molecule has 5 nitrogen and oxygen atoms in total. The second-order valence-electron chi connectivity index (χ2n) is 5.16. The zero-order chi connectivity index (χ0) is 16.4. The normalized spacial score (nSPS) is 13.5. The second kappa shape index (κ2) is 11.0. The Morgan fingerprint density at radius 1 is 1.38 bits per heavy atom. The third kappa shape index (κ3) is 9.87. The third-order valence-corrected chi connectivity index (χ3v) is 4.39. The van der Waals surface area contributed by atoms with Crippen LogP contribution in [0.2, 0.25) is 0 Å². The van der Waals surface area contributed by atoms with Crippen LogP contribution in [-0.2, 0) is 44.8 Å². The van der Waals surface area contributed by atoms with Crippen LogP contribution < -0.4 is 5.32 Å². The highest BCUT2D eigenvalue weighted by molar-refractivity contribution is 8.46. The van der Waals surface area contributed by atoms with Crippen LogP contribution in [0, 0.1) is 11.8 Å². The van der Waals surface area contributed by atoms with Crippen molar-refractivity contribution in [2.75, 3.05) is 25.9 Å². The van der Waals surface area contributed by atoms with Crippen molar-refractivity contribution in [1.29, 1.82) is 0 Å². The van der Waals surface area contributed by atoms with E-state index in [1.807, 2.05) is 6.92 Å². The number of hydrogen-bond acceptors (Lipinski definition) is 6. The molecular formula is C13H23N2O3S3-. The molecule has 0 radical (unpaired) electrons. The SMILES string of the molecule is CCC(CNC(=O)C(C)CC(=O)C[S-](=S)=S)CN(C)C=O. The summed E-state index contributed by atoms with van der Waals surface area (Å²) >= 11 is 9.63. The predicted molar refractivity (Wildman–Crippen MR) is 91.2 cm³/mol. The molecule has 0 heterocycles. The Bertz CT molecular complexity index is 430. The van der Waals surface area contributed by atoms with Crippen LogP contribution in [0.5, 0.6) is 0 Å². The maximum Gasteiger partial charge on any atom is 0.223 e. The Morgan fingerprint density at radius 2 is 2.00 bits per heavy atom. The molecule has 1 N–H and O–H groups in total. The van der Waals surface area contributed by atoms with Gasteiger partial charge in [-0.25, -0.2) is 0 Å². The van der Waals surface area contributed by atoms with Crippen LogP contribution in [0.1, 0.15) is 26.7 Å². The van der Waals surface area contributed by atoms with Crippen LogP contribution in [0.4, 0.5) is 0 Å². The molecule has 122 valence electrons. The lowest BCUT2D eigenvalue weighted by atomic mass is 10.0. The van der Waals surface area contributed by atoms with Crippen molar-refractivity contribution in [3.05, 3.63) is 0 Å². The van der Waals surface area contributed by atoms with Crippen molar-refractivity contribution in [1.82, 2.24) is 10.2 Å². The van der Waals surface area contributed by atoms with Gasteiger partial charge in [-0.1, -0.05) is 19.6 Å². The minimum Gasteiger partial charge on any atom is -0.356 e. The van der Waals surface area contributed by atoms with E-state index < -0.39 is 8.01 Å². The lowest BCUT2D eigenvalue weighted by Gasteiger charge is -2.21. The van der Waals surface area contributed by atoms with Gasteiger partial charge in [-0.15, -0.1) is 0 Å². The Balaban J connectivity index is 4.21. The Kier molecular flexibility index (Phi) is 10.7. The van der Waals surface area contributed by atoms with Gasteiger partial charge in [-0.05, 0) is 12.3 Å². The third-order valence-electron chi connectivity index (χ3n) is 3.13. The summed E-state index contributed by atoms with van der Waals surface area (Å²) in [5.74, 6) is -0.197. The van der Waals surface area contributed by atoms with Gasteiger partial charge in [-0.2, -0.15) is 0 Å². The van der Waals surface area contributed by atoms with E-state index in [9.17, 15) is 14.4 Å². The molecule has 0 aromatic rings. The first-order chi connectivity index (χ1) is 9.79. The van der Waals surface area contributed by atoms with Crippen LogP contribution >= 0.6 is 0 Å². The molecule has 0 saturated carbocycles. The molecule has 0 aromatic carbocycles. The number of nitrogens with zero attached hydrogens (tertiary/aromatic N) is 1. The van der Waals surface area contributed by atoms with Gasteiger partial charge in [0.25, 0.3) is 0 Å². The van der Waals surface area contributed by atoms with E-state index >= 15 is 0 Å². The minimum absolute atomic E-state index is 0.0567. The Labute approximate surface area is 137 Å². The average Bonchev–Trinajstić information content (AvgIpc) is 2.41. The summed E-state index contributed by atoms with van der Waals surface area (Å²) in [6.07, 6.45) is 1.81. The first kappa shape index (κ1) is 20.4. The highest BCUT2D eigenvalue weighted by Crippen LogP contribution is 2.06. The topological polar surface area (TPSA) is 66.5 Å². The molecule has 2 amide bonds. The van der Waals surface area contributed by atoms with E-state index in [2.05, 4.69) is 5.32 Å². The van der Waals surface area contributed by atoms with E-state index in [4.69, 9.17) is 22.4 Å². The molecule has 0 rings (SSSR count). The number of rotatable bonds is 11. The van der Waals surface area contributed by atoms with E-state index in [1.54, 1.807) is 18.9 Å². The zero-order valence-electron chi connectivity index (χ0n) is 12.7. The van der Waals surface area contributed by atoms with Gasteiger partial charge in [-0.3, -0.25) is 32.0 Å². The molecule has 0 bridgehead atoms. The fourth-order valence-corrected chi connectivity index (χ4v) is 3.00. The van der Waals surface area contributed by atoms with Gasteiger partial charge in [0.2, 0.25) is 12.3 Å². The molecule has 21 heavy (non-hydrogen) atoms. The molecule has 0 aliphatic carbocycles. The van der Waals surface area contributed by atoms with Crippen molar-refractivity contribution >= 4 is 48.5 Å². The number of carbonyl (C=O) groups excluding carboxylic acids is 3. The molecule has 0 saturated heterocycles. The zero-order valence-corrected chi connectivity index (χ0v) is 15.1. The van der Waals surface area contributed by atoms with E-state index in [0.29, 0.717) is 13.1 Å². The molecule has 0 aliphatic heterocycles. The number of nitrogens with one attached hydrogen (secondary N) is 1. The van der Waals surface area contributed by atoms with E-state index in [-0.39, 0.29) is 35.7 Å². The summed E-state index contributed by atoms with van der Waals surface area (Å²) in [6, 6.07) is 0. The fraction of sp³-hybridized carbons (Fsp3) is 0.769. The summed E-state index contributed by atoms with van der Waals surface area (Å²) in [5.41, 5.74) is 0. The van der Waals surface area contributed by atoms with E-state index in [1.165, 1.54) is 0 Å². The van der Waals surface area contributed by atoms with Crippen LogP contribution in [-0.4, -0.2) is 48.9 Å². The van der Waals surface area contributed by atoms with Crippen molar-refractivity contribution in [2.45, 2.75) is 26.7 Å². The van der Waals surface area contributed by atoms with Gasteiger partial charge in [0.1, 0.15) is 5.78 Å². The van der Waals surface area contributed by atoms with Gasteiger partial charge < -0.3 is 23.0 Å². The first-order valence-electron chi connectivity index (χ1n) is 6.80.